The van der Waals surface area contributed by atoms with Crippen LogP contribution in [-0.2, 0) is 16.4 Å². The Morgan fingerprint density at radius 2 is 1.71 bits per heavy atom. The van der Waals surface area contributed by atoms with E-state index >= 15 is 0 Å². The zero-order valence-corrected chi connectivity index (χ0v) is 16.0. The van der Waals surface area contributed by atoms with E-state index in [1.165, 1.54) is 23.5 Å². The van der Waals surface area contributed by atoms with Gasteiger partial charge in [-0.3, -0.25) is 4.31 Å². The van der Waals surface area contributed by atoms with Gasteiger partial charge in [-0.1, -0.05) is 12.1 Å². The van der Waals surface area contributed by atoms with Gasteiger partial charge in [0, 0.05) is 12.2 Å². The van der Waals surface area contributed by atoms with Gasteiger partial charge in [-0.05, 0) is 66.6 Å². The van der Waals surface area contributed by atoms with Gasteiger partial charge in [0.2, 0.25) is 0 Å². The number of methoxy groups -OCH3 is 1. The minimum atomic E-state index is -3.72. The molecule has 0 fully saturated rings. The molecule has 0 saturated heterocycles. The average molecular weight is 398 g/mol. The average Bonchev–Trinajstić information content (AvgIpc) is 3.16. The van der Waals surface area contributed by atoms with E-state index in [4.69, 9.17) is 4.74 Å². The number of ether oxygens (including phenoxy) is 1. The Morgan fingerprint density at radius 1 is 1.00 bits per heavy atom. The first-order chi connectivity index (χ1) is 13.5. The lowest BCUT2D eigenvalue weighted by Crippen LogP contribution is -2.29. The highest BCUT2D eigenvalue weighted by Crippen LogP contribution is 2.40. The Labute approximate surface area is 163 Å². The molecular weight excluding hydrogens is 379 g/mol. The molecule has 1 heterocycles. The predicted octanol–water partition coefficient (Wildman–Crippen LogP) is 4.33. The largest absolute Gasteiger partial charge is 0.497 e. The molecule has 3 aromatic rings. The first kappa shape index (κ1) is 18.3. The number of nitrogens with one attached hydrogen (secondary N) is 1. The SMILES string of the molecule is COc1ccc(S(=O)(=O)N2CCc3cccc(Nc4ccc(F)cc4)c32)cc1. The smallest absolute Gasteiger partial charge is 0.264 e. The van der Waals surface area contributed by atoms with Crippen LogP contribution in [0.25, 0.3) is 0 Å². The molecular formula is C21H19FN2O3S. The fraction of sp³-hybridized carbons (Fsp3) is 0.143. The van der Waals surface area contributed by atoms with Crippen LogP contribution in [0.4, 0.5) is 21.5 Å². The van der Waals surface area contributed by atoms with Crippen molar-refractivity contribution >= 4 is 27.1 Å². The molecule has 0 atom stereocenters. The van der Waals surface area contributed by atoms with E-state index in [1.807, 2.05) is 18.2 Å². The number of rotatable bonds is 5. The van der Waals surface area contributed by atoms with E-state index in [0.717, 1.165) is 5.56 Å². The molecule has 3 aromatic carbocycles. The van der Waals surface area contributed by atoms with Crippen LogP contribution in [0, 0.1) is 5.82 Å². The molecule has 7 heteroatoms. The summed E-state index contributed by atoms with van der Waals surface area (Å²) in [6, 6.07) is 17.9. The van der Waals surface area contributed by atoms with E-state index in [2.05, 4.69) is 5.32 Å². The maximum Gasteiger partial charge on any atom is 0.264 e. The Kier molecular flexibility index (Phi) is 4.68. The quantitative estimate of drug-likeness (QED) is 0.695. The maximum absolute atomic E-state index is 13.3. The Bertz CT molecular complexity index is 1100. The van der Waals surface area contributed by atoms with Gasteiger partial charge < -0.3 is 10.1 Å². The third-order valence-corrected chi connectivity index (χ3v) is 6.54. The summed E-state index contributed by atoms with van der Waals surface area (Å²) in [5.74, 6) is 0.270. The lowest BCUT2D eigenvalue weighted by molar-refractivity contribution is 0.414. The molecule has 1 N–H and O–H groups in total. The molecule has 5 nitrogen and oxygen atoms in total. The summed E-state index contributed by atoms with van der Waals surface area (Å²) in [6.07, 6.45) is 0.629. The summed E-state index contributed by atoms with van der Waals surface area (Å²) in [6.45, 7) is 0.367. The van der Waals surface area contributed by atoms with Gasteiger partial charge in [0.15, 0.2) is 0 Å². The van der Waals surface area contributed by atoms with Crippen LogP contribution in [0.5, 0.6) is 5.75 Å². The monoisotopic (exact) mass is 398 g/mol. The van der Waals surface area contributed by atoms with E-state index in [0.29, 0.717) is 35.8 Å². The zero-order valence-electron chi connectivity index (χ0n) is 15.2. The van der Waals surface area contributed by atoms with Crippen LogP contribution in [-0.4, -0.2) is 22.1 Å². The summed E-state index contributed by atoms with van der Waals surface area (Å²) >= 11 is 0. The van der Waals surface area contributed by atoms with Gasteiger partial charge in [0.25, 0.3) is 10.0 Å². The Morgan fingerprint density at radius 3 is 2.39 bits per heavy atom. The summed E-state index contributed by atoms with van der Waals surface area (Å²) in [5, 5.41) is 3.21. The molecule has 1 aliphatic rings. The normalized spacial score (nSPS) is 13.3. The standard InChI is InChI=1S/C21H19FN2O3S/c1-27-18-9-11-19(12-10-18)28(25,26)24-14-13-15-3-2-4-20(21(15)24)23-17-7-5-16(22)6-8-17/h2-12,23H,13-14H2,1H3. The Hall–Kier alpha value is -3.06. The molecule has 0 aliphatic carbocycles. The van der Waals surface area contributed by atoms with Crippen molar-refractivity contribution in [1.29, 1.82) is 0 Å². The summed E-state index contributed by atoms with van der Waals surface area (Å²) in [7, 11) is -2.19. The molecule has 0 saturated carbocycles. The maximum atomic E-state index is 13.3. The second-order valence-electron chi connectivity index (χ2n) is 6.45. The van der Waals surface area contributed by atoms with Gasteiger partial charge in [-0.15, -0.1) is 0 Å². The van der Waals surface area contributed by atoms with Gasteiger partial charge in [-0.2, -0.15) is 0 Å². The zero-order chi connectivity index (χ0) is 19.7. The number of anilines is 3. The van der Waals surface area contributed by atoms with E-state index in [1.54, 1.807) is 36.4 Å². The molecule has 0 bridgehead atoms. The van der Waals surface area contributed by atoms with E-state index in [-0.39, 0.29) is 10.7 Å². The van der Waals surface area contributed by atoms with Crippen LogP contribution in [0.1, 0.15) is 5.56 Å². The van der Waals surface area contributed by atoms with Crippen molar-refractivity contribution in [2.75, 3.05) is 23.3 Å². The lowest BCUT2D eigenvalue weighted by atomic mass is 10.1. The predicted molar refractivity (Wildman–Crippen MR) is 107 cm³/mol. The number of fused-ring (bicyclic) bond motifs is 1. The fourth-order valence-electron chi connectivity index (χ4n) is 3.33. The number of halogens is 1. The van der Waals surface area contributed by atoms with Crippen molar-refractivity contribution < 1.29 is 17.5 Å². The van der Waals surface area contributed by atoms with Crippen molar-refractivity contribution in [1.82, 2.24) is 0 Å². The number of benzene rings is 3. The van der Waals surface area contributed by atoms with Gasteiger partial charge in [-0.25, -0.2) is 12.8 Å². The Balaban J connectivity index is 1.72. The molecule has 0 aromatic heterocycles. The summed E-state index contributed by atoms with van der Waals surface area (Å²) in [5.41, 5.74) is 2.93. The number of para-hydroxylation sites is 1. The van der Waals surface area contributed by atoms with Crippen molar-refractivity contribution in [2.45, 2.75) is 11.3 Å². The van der Waals surface area contributed by atoms with Crippen LogP contribution in [0.3, 0.4) is 0 Å². The minimum Gasteiger partial charge on any atom is -0.497 e. The topological polar surface area (TPSA) is 58.6 Å². The van der Waals surface area contributed by atoms with Crippen molar-refractivity contribution in [3.8, 4) is 5.75 Å². The highest BCUT2D eigenvalue weighted by atomic mass is 32.2. The third kappa shape index (κ3) is 3.29. The number of hydrogen-bond donors (Lipinski definition) is 1. The molecule has 28 heavy (non-hydrogen) atoms. The van der Waals surface area contributed by atoms with Crippen molar-refractivity contribution in [2.24, 2.45) is 0 Å². The molecule has 0 radical (unpaired) electrons. The number of nitrogens with zero attached hydrogens (tertiary/aromatic N) is 1. The van der Waals surface area contributed by atoms with Crippen LogP contribution in [0.2, 0.25) is 0 Å². The van der Waals surface area contributed by atoms with Gasteiger partial charge >= 0.3 is 0 Å². The fourth-order valence-corrected chi connectivity index (χ4v) is 4.85. The van der Waals surface area contributed by atoms with Crippen molar-refractivity contribution in [3.05, 3.63) is 78.1 Å². The summed E-state index contributed by atoms with van der Waals surface area (Å²) < 4.78 is 46.2. The molecule has 0 amide bonds. The first-order valence-corrected chi connectivity index (χ1v) is 10.2. The van der Waals surface area contributed by atoms with Gasteiger partial charge in [0.05, 0.1) is 23.4 Å². The molecule has 0 spiro atoms. The molecule has 1 aliphatic heterocycles. The third-order valence-electron chi connectivity index (χ3n) is 4.72. The number of sulfonamides is 1. The molecule has 144 valence electrons. The van der Waals surface area contributed by atoms with E-state index < -0.39 is 10.0 Å². The summed E-state index contributed by atoms with van der Waals surface area (Å²) in [4.78, 5) is 0.206. The molecule has 4 rings (SSSR count). The van der Waals surface area contributed by atoms with Gasteiger partial charge in [0.1, 0.15) is 11.6 Å². The number of hydrogen-bond acceptors (Lipinski definition) is 4. The molecule has 0 unspecified atom stereocenters. The van der Waals surface area contributed by atoms with Crippen LogP contribution >= 0.6 is 0 Å². The van der Waals surface area contributed by atoms with Crippen LogP contribution < -0.4 is 14.4 Å². The van der Waals surface area contributed by atoms with Crippen molar-refractivity contribution in [3.63, 3.8) is 0 Å². The highest BCUT2D eigenvalue weighted by molar-refractivity contribution is 7.92. The second-order valence-corrected chi connectivity index (χ2v) is 8.31. The lowest BCUT2D eigenvalue weighted by Gasteiger charge is -2.23. The minimum absolute atomic E-state index is 0.206. The second kappa shape index (κ2) is 7.16. The first-order valence-electron chi connectivity index (χ1n) is 8.80. The highest BCUT2D eigenvalue weighted by Gasteiger charge is 2.33. The van der Waals surface area contributed by atoms with Crippen LogP contribution in [0.15, 0.2) is 71.6 Å². The van der Waals surface area contributed by atoms with E-state index in [9.17, 15) is 12.8 Å².